The van der Waals surface area contributed by atoms with E-state index in [4.69, 9.17) is 0 Å². The van der Waals surface area contributed by atoms with Gasteiger partial charge in [0.15, 0.2) is 0 Å². The van der Waals surface area contributed by atoms with Gasteiger partial charge < -0.3 is 14.0 Å². The third kappa shape index (κ3) is 4.49. The minimum atomic E-state index is 1.01. The average Bonchev–Trinajstić information content (AvgIpc) is 3.68. The zero-order chi connectivity index (χ0) is 33.2. The highest BCUT2D eigenvalue weighted by atomic mass is 79.9. The molecule has 0 spiro atoms. The normalized spacial score (nSPS) is 11.7. The molecule has 0 N–H and O–H groups in total. The van der Waals surface area contributed by atoms with Crippen molar-refractivity contribution >= 4 is 87.4 Å². The molecule has 2 aromatic heterocycles. The molecule has 10 rings (SSSR count). The van der Waals surface area contributed by atoms with Crippen molar-refractivity contribution in [2.45, 2.75) is 0 Å². The Balaban J connectivity index is 1.26. The summed E-state index contributed by atoms with van der Waals surface area (Å²) in [6.45, 7) is 0. The number of fused-ring (bicyclic) bond motifs is 7. The highest BCUT2D eigenvalue weighted by molar-refractivity contribution is 9.10. The second-order valence-electron chi connectivity index (χ2n) is 12.8. The molecular weight excluding hydrogens is 674 g/mol. The smallest absolute Gasteiger partial charge is 0.0542 e. The van der Waals surface area contributed by atoms with Gasteiger partial charge in [-0.25, -0.2) is 0 Å². The lowest BCUT2D eigenvalue weighted by atomic mass is 10.1. The molecule has 0 atom stereocenters. The van der Waals surface area contributed by atoms with Crippen molar-refractivity contribution < 1.29 is 0 Å². The van der Waals surface area contributed by atoms with Crippen LogP contribution in [0.3, 0.4) is 0 Å². The summed E-state index contributed by atoms with van der Waals surface area (Å²) in [7, 11) is 0. The van der Waals surface area contributed by atoms with Crippen LogP contribution in [-0.2, 0) is 0 Å². The molecule has 4 heteroatoms. The van der Waals surface area contributed by atoms with Crippen LogP contribution in [0.25, 0.3) is 65.8 Å². The van der Waals surface area contributed by atoms with E-state index in [-0.39, 0.29) is 0 Å². The number of anilines is 3. The second-order valence-corrected chi connectivity index (χ2v) is 13.7. The Morgan fingerprint density at radius 1 is 0.360 bits per heavy atom. The van der Waals surface area contributed by atoms with Crippen molar-refractivity contribution in [3.8, 4) is 11.4 Å². The fourth-order valence-corrected chi connectivity index (χ4v) is 8.27. The number of hydrogen-bond donors (Lipinski definition) is 0. The molecule has 10 aromatic rings. The van der Waals surface area contributed by atoms with Crippen LogP contribution in [0.4, 0.5) is 17.1 Å². The Hall–Kier alpha value is -6.10. The summed E-state index contributed by atoms with van der Waals surface area (Å²) in [6, 6.07) is 65.7. The summed E-state index contributed by atoms with van der Waals surface area (Å²) in [5.41, 5.74) is 10.3. The first kappa shape index (κ1) is 28.9. The first-order valence-corrected chi connectivity index (χ1v) is 17.7. The van der Waals surface area contributed by atoms with Crippen LogP contribution >= 0.6 is 15.9 Å². The van der Waals surface area contributed by atoms with E-state index >= 15 is 0 Å². The van der Waals surface area contributed by atoms with Gasteiger partial charge in [0.2, 0.25) is 0 Å². The van der Waals surface area contributed by atoms with Gasteiger partial charge in [0.1, 0.15) is 0 Å². The molecule has 3 nitrogen and oxygen atoms in total. The van der Waals surface area contributed by atoms with Crippen molar-refractivity contribution in [1.82, 2.24) is 9.13 Å². The summed E-state index contributed by atoms with van der Waals surface area (Å²) in [5, 5.41) is 7.33. The number of rotatable bonds is 5. The fraction of sp³-hybridized carbons (Fsp3) is 0. The van der Waals surface area contributed by atoms with Crippen molar-refractivity contribution in [2.24, 2.45) is 0 Å². The number of halogens is 1. The molecule has 0 unspecified atom stereocenters. The van der Waals surface area contributed by atoms with Crippen molar-refractivity contribution in [3.05, 3.63) is 186 Å². The SMILES string of the molecule is Brc1cc(N(c2ccc3c(c2)c2ccccc2n3-c2ccccc2)c2cccc3ccccc23)cc(-n2c3ccccc3c3ccccc32)c1. The molecule has 50 heavy (non-hydrogen) atoms. The van der Waals surface area contributed by atoms with Gasteiger partial charge in [0, 0.05) is 54.2 Å². The third-order valence-electron chi connectivity index (χ3n) is 9.90. The van der Waals surface area contributed by atoms with E-state index in [0.29, 0.717) is 0 Å². The molecule has 0 bridgehead atoms. The van der Waals surface area contributed by atoms with E-state index in [1.165, 1.54) is 54.4 Å². The van der Waals surface area contributed by atoms with Crippen LogP contribution in [0.2, 0.25) is 0 Å². The largest absolute Gasteiger partial charge is 0.310 e. The summed E-state index contributed by atoms with van der Waals surface area (Å²) < 4.78 is 5.77. The van der Waals surface area contributed by atoms with Gasteiger partial charge in [-0.3, -0.25) is 0 Å². The van der Waals surface area contributed by atoms with Gasteiger partial charge in [-0.2, -0.15) is 0 Å². The average molecular weight is 705 g/mol. The predicted octanol–water partition coefficient (Wildman–Crippen LogP) is 13.3. The molecule has 236 valence electrons. The molecule has 0 fully saturated rings. The highest BCUT2D eigenvalue weighted by Gasteiger charge is 2.21. The number of hydrogen-bond acceptors (Lipinski definition) is 1. The van der Waals surface area contributed by atoms with E-state index in [0.717, 1.165) is 32.9 Å². The van der Waals surface area contributed by atoms with E-state index in [1.54, 1.807) is 0 Å². The molecule has 0 aliphatic rings. The molecule has 0 amide bonds. The van der Waals surface area contributed by atoms with E-state index < -0.39 is 0 Å². The Bertz CT molecular complexity index is 2840. The lowest BCUT2D eigenvalue weighted by molar-refractivity contribution is 1.16. The van der Waals surface area contributed by atoms with Crippen LogP contribution < -0.4 is 4.90 Å². The van der Waals surface area contributed by atoms with Gasteiger partial charge in [-0.15, -0.1) is 0 Å². The highest BCUT2D eigenvalue weighted by Crippen LogP contribution is 2.44. The third-order valence-corrected chi connectivity index (χ3v) is 10.4. The van der Waals surface area contributed by atoms with Crippen LogP contribution in [0.15, 0.2) is 186 Å². The Kier molecular flexibility index (Phi) is 6.64. The zero-order valence-corrected chi connectivity index (χ0v) is 28.6. The Morgan fingerprint density at radius 3 is 1.60 bits per heavy atom. The standard InChI is InChI=1S/C46H30BrN3/c47-32-27-35(29-36(28-32)50-43-21-9-6-18-38(43)39-19-7-10-22-44(39)50)48(42-24-12-14-31-13-4-5-17-37(31)42)34-25-26-46-41(30-34)40-20-8-11-23-45(40)49(46)33-15-2-1-3-16-33/h1-30H. The van der Waals surface area contributed by atoms with Crippen LogP contribution in [0, 0.1) is 0 Å². The molecule has 0 aliphatic heterocycles. The molecular formula is C46H30BrN3. The van der Waals surface area contributed by atoms with Gasteiger partial charge in [-0.05, 0) is 78.2 Å². The summed E-state index contributed by atoms with van der Waals surface area (Å²) >= 11 is 3.95. The lowest BCUT2D eigenvalue weighted by Crippen LogP contribution is -2.11. The van der Waals surface area contributed by atoms with E-state index in [9.17, 15) is 0 Å². The summed E-state index contributed by atoms with van der Waals surface area (Å²) in [6.07, 6.45) is 0. The number of aromatic nitrogens is 2. The molecule has 2 heterocycles. The van der Waals surface area contributed by atoms with E-state index in [2.05, 4.69) is 212 Å². The Morgan fingerprint density at radius 2 is 0.900 bits per heavy atom. The monoisotopic (exact) mass is 703 g/mol. The second kappa shape index (κ2) is 11.5. The molecule has 0 aliphatic carbocycles. The molecule has 8 aromatic carbocycles. The first-order chi connectivity index (χ1) is 24.7. The van der Waals surface area contributed by atoms with E-state index in [1.807, 2.05) is 0 Å². The maximum atomic E-state index is 3.95. The Labute approximate surface area is 298 Å². The maximum absolute atomic E-state index is 3.95. The summed E-state index contributed by atoms with van der Waals surface area (Å²) in [4.78, 5) is 2.42. The first-order valence-electron chi connectivity index (χ1n) is 16.9. The molecule has 0 saturated carbocycles. The quantitative estimate of drug-likeness (QED) is 0.174. The fourth-order valence-electron chi connectivity index (χ4n) is 7.80. The van der Waals surface area contributed by atoms with Crippen LogP contribution in [-0.4, -0.2) is 9.13 Å². The minimum absolute atomic E-state index is 1.01. The number of para-hydroxylation sites is 4. The predicted molar refractivity (Wildman–Crippen MR) is 215 cm³/mol. The number of nitrogens with zero attached hydrogens (tertiary/aromatic N) is 3. The van der Waals surface area contributed by atoms with Gasteiger partial charge in [0.05, 0.1) is 27.8 Å². The molecule has 0 saturated heterocycles. The maximum Gasteiger partial charge on any atom is 0.0542 e. The van der Waals surface area contributed by atoms with Crippen molar-refractivity contribution in [3.63, 3.8) is 0 Å². The molecule has 0 radical (unpaired) electrons. The van der Waals surface area contributed by atoms with Gasteiger partial charge in [0.25, 0.3) is 0 Å². The van der Waals surface area contributed by atoms with Crippen LogP contribution in [0.1, 0.15) is 0 Å². The lowest BCUT2D eigenvalue weighted by Gasteiger charge is -2.28. The topological polar surface area (TPSA) is 13.1 Å². The number of benzene rings is 8. The van der Waals surface area contributed by atoms with Crippen molar-refractivity contribution in [2.75, 3.05) is 4.90 Å². The summed E-state index contributed by atoms with van der Waals surface area (Å²) in [5.74, 6) is 0. The van der Waals surface area contributed by atoms with Crippen LogP contribution in [0.5, 0.6) is 0 Å². The van der Waals surface area contributed by atoms with Crippen molar-refractivity contribution in [1.29, 1.82) is 0 Å². The minimum Gasteiger partial charge on any atom is -0.310 e. The zero-order valence-electron chi connectivity index (χ0n) is 27.0. The van der Waals surface area contributed by atoms with Gasteiger partial charge >= 0.3 is 0 Å². The van der Waals surface area contributed by atoms with Gasteiger partial charge in [-0.1, -0.05) is 125 Å².